The second kappa shape index (κ2) is 10.9. The van der Waals surface area contributed by atoms with E-state index in [2.05, 4.69) is 170 Å². The van der Waals surface area contributed by atoms with Crippen molar-refractivity contribution in [2.45, 2.75) is 0 Å². The molecule has 0 unspecified atom stereocenters. The third-order valence-corrected chi connectivity index (χ3v) is 13.0. The first-order valence-corrected chi connectivity index (χ1v) is 18.7. The Morgan fingerprint density at radius 3 is 1.50 bits per heavy atom. The lowest BCUT2D eigenvalue weighted by Gasteiger charge is -2.19. The van der Waals surface area contributed by atoms with Crippen LogP contribution in [0.1, 0.15) is 0 Å². The number of thiophene rings is 2. The molecule has 0 aliphatic carbocycles. The van der Waals surface area contributed by atoms with E-state index in [-0.39, 0.29) is 0 Å². The Kier molecular flexibility index (Phi) is 6.09. The molecule has 2 aromatic heterocycles. The molecule has 0 nitrogen and oxygen atoms in total. The van der Waals surface area contributed by atoms with Gasteiger partial charge in [0.1, 0.15) is 0 Å². The molecule has 0 amide bonds. The molecule has 0 N–H and O–H groups in total. The fourth-order valence-corrected chi connectivity index (χ4v) is 10.8. The van der Waals surface area contributed by atoms with Gasteiger partial charge in [0, 0.05) is 30.9 Å². The molecule has 0 saturated heterocycles. The fourth-order valence-electron chi connectivity index (χ4n) is 8.28. The van der Waals surface area contributed by atoms with Gasteiger partial charge in [-0.15, -0.1) is 22.7 Å². The molecule has 0 radical (unpaired) electrons. The largest absolute Gasteiger partial charge is 0.134 e. The van der Waals surface area contributed by atoms with Gasteiger partial charge in [-0.3, -0.25) is 0 Å². The van der Waals surface area contributed by atoms with Crippen molar-refractivity contribution < 1.29 is 0 Å². The summed E-state index contributed by atoms with van der Waals surface area (Å²) in [5.41, 5.74) is 7.66. The van der Waals surface area contributed by atoms with Crippen LogP contribution in [0.15, 0.2) is 170 Å². The van der Waals surface area contributed by atoms with Gasteiger partial charge in [0.05, 0.1) is 9.40 Å². The Labute approximate surface area is 297 Å². The number of fused-ring (bicyclic) bond motifs is 10. The summed E-state index contributed by atoms with van der Waals surface area (Å²) in [6.07, 6.45) is 0. The highest BCUT2D eigenvalue weighted by atomic mass is 32.1. The molecule has 0 atom stereocenters. The lowest BCUT2D eigenvalue weighted by Crippen LogP contribution is -1.91. The number of benzene rings is 9. The van der Waals surface area contributed by atoms with E-state index in [0.29, 0.717) is 0 Å². The zero-order chi connectivity index (χ0) is 32.8. The van der Waals surface area contributed by atoms with Crippen LogP contribution in [-0.4, -0.2) is 0 Å². The molecule has 0 spiro atoms. The van der Waals surface area contributed by atoms with Gasteiger partial charge < -0.3 is 0 Å². The zero-order valence-electron chi connectivity index (χ0n) is 27.0. The SMILES string of the molecule is c1ccc2c(-c3c4ccccc4c(-c4ccc(-c5cc6c7ccccc7sc6c6sc7ccccc7c56)cc4)c4ccccc34)cccc2c1. The molecule has 0 bridgehead atoms. The molecule has 2 heterocycles. The van der Waals surface area contributed by atoms with Crippen molar-refractivity contribution in [1.29, 1.82) is 0 Å². The number of hydrogen-bond acceptors (Lipinski definition) is 2. The fraction of sp³-hybridized carbons (Fsp3) is 0. The minimum Gasteiger partial charge on any atom is -0.134 e. The van der Waals surface area contributed by atoms with Crippen molar-refractivity contribution in [1.82, 2.24) is 0 Å². The second-order valence-corrected chi connectivity index (χ2v) is 15.3. The quantitative estimate of drug-likeness (QED) is 0.164. The van der Waals surface area contributed by atoms with E-state index < -0.39 is 0 Å². The van der Waals surface area contributed by atoms with Crippen molar-refractivity contribution in [3.63, 3.8) is 0 Å². The van der Waals surface area contributed by atoms with Crippen LogP contribution >= 0.6 is 22.7 Å². The summed E-state index contributed by atoms with van der Waals surface area (Å²) in [4.78, 5) is 0. The minimum atomic E-state index is 1.24. The van der Waals surface area contributed by atoms with Gasteiger partial charge in [0.2, 0.25) is 0 Å². The Morgan fingerprint density at radius 2 is 0.800 bits per heavy atom. The molecule has 0 fully saturated rings. The molecule has 11 aromatic rings. The molecule has 2 heteroatoms. The van der Waals surface area contributed by atoms with Crippen LogP contribution in [0.5, 0.6) is 0 Å². The summed E-state index contributed by atoms with van der Waals surface area (Å²) < 4.78 is 5.48. The lowest BCUT2D eigenvalue weighted by atomic mass is 9.84. The van der Waals surface area contributed by atoms with Crippen molar-refractivity contribution in [3.8, 4) is 33.4 Å². The Bertz CT molecular complexity index is 3080. The number of rotatable bonds is 3. The third kappa shape index (κ3) is 4.04. The van der Waals surface area contributed by atoms with Gasteiger partial charge >= 0.3 is 0 Å². The monoisotopic (exact) mass is 668 g/mol. The van der Waals surface area contributed by atoms with E-state index in [1.54, 1.807) is 0 Å². The van der Waals surface area contributed by atoms with Crippen LogP contribution in [0.4, 0.5) is 0 Å². The molecule has 9 aromatic carbocycles. The van der Waals surface area contributed by atoms with E-state index in [1.165, 1.54) is 106 Å². The highest BCUT2D eigenvalue weighted by Gasteiger charge is 2.20. The average molecular weight is 669 g/mol. The van der Waals surface area contributed by atoms with Crippen LogP contribution in [0, 0.1) is 0 Å². The summed E-state index contributed by atoms with van der Waals surface area (Å²) in [5, 5.41) is 13.1. The normalized spacial score (nSPS) is 12.0. The van der Waals surface area contributed by atoms with Crippen molar-refractivity contribution in [2.24, 2.45) is 0 Å². The first-order valence-electron chi connectivity index (χ1n) is 17.1. The maximum Gasteiger partial charge on any atom is 0.0540 e. The topological polar surface area (TPSA) is 0 Å². The van der Waals surface area contributed by atoms with Gasteiger partial charge in [-0.2, -0.15) is 0 Å². The Morgan fingerprint density at radius 1 is 0.300 bits per heavy atom. The van der Waals surface area contributed by atoms with Crippen molar-refractivity contribution in [3.05, 3.63) is 170 Å². The molecule has 0 saturated carbocycles. The standard InChI is InChI=1S/C48H28S2/c1-2-14-32-29(12-1)13-11-21-34(32)45-37-18-5-3-16-35(37)44(36-17-4-6-19-38(36)45)31-26-24-30(25-27-31)40-28-41-33-15-7-9-22-42(33)49-47(41)48-46(40)39-20-8-10-23-43(39)50-48/h1-28H. The average Bonchev–Trinajstić information content (AvgIpc) is 3.76. The Hall–Kier alpha value is -5.80. The maximum absolute atomic E-state index is 2.45. The number of hydrogen-bond donors (Lipinski definition) is 0. The van der Waals surface area contributed by atoms with Gasteiger partial charge in [-0.05, 0) is 83.9 Å². The second-order valence-electron chi connectivity index (χ2n) is 13.1. The van der Waals surface area contributed by atoms with E-state index in [9.17, 15) is 0 Å². The predicted molar refractivity (Wildman–Crippen MR) is 221 cm³/mol. The lowest BCUT2D eigenvalue weighted by molar-refractivity contribution is 1.65. The Balaban J connectivity index is 1.16. The van der Waals surface area contributed by atoms with Crippen LogP contribution in [0.3, 0.4) is 0 Å². The molecular weight excluding hydrogens is 641 g/mol. The van der Waals surface area contributed by atoms with Crippen molar-refractivity contribution in [2.75, 3.05) is 0 Å². The molecule has 232 valence electrons. The maximum atomic E-state index is 2.45. The molecule has 50 heavy (non-hydrogen) atoms. The van der Waals surface area contributed by atoms with Gasteiger partial charge in [-0.25, -0.2) is 0 Å². The summed E-state index contributed by atoms with van der Waals surface area (Å²) in [6.45, 7) is 0. The van der Waals surface area contributed by atoms with E-state index >= 15 is 0 Å². The predicted octanol–water partition coefficient (Wildman–Crippen LogP) is 14.9. The van der Waals surface area contributed by atoms with Crippen LogP contribution in [0.2, 0.25) is 0 Å². The summed E-state index contributed by atoms with van der Waals surface area (Å²) in [6, 6.07) is 62.9. The molecular formula is C48H28S2. The molecule has 0 aliphatic rings. The van der Waals surface area contributed by atoms with Gasteiger partial charge in [-0.1, -0.05) is 152 Å². The van der Waals surface area contributed by atoms with Crippen LogP contribution in [-0.2, 0) is 0 Å². The minimum absolute atomic E-state index is 1.24. The first kappa shape index (κ1) is 28.1. The van der Waals surface area contributed by atoms with Crippen LogP contribution in [0.25, 0.3) is 106 Å². The smallest absolute Gasteiger partial charge is 0.0540 e. The van der Waals surface area contributed by atoms with Crippen LogP contribution < -0.4 is 0 Å². The molecule has 0 aliphatic heterocycles. The molecule has 11 rings (SSSR count). The van der Waals surface area contributed by atoms with Gasteiger partial charge in [0.15, 0.2) is 0 Å². The highest BCUT2D eigenvalue weighted by molar-refractivity contribution is 7.33. The van der Waals surface area contributed by atoms with Gasteiger partial charge in [0.25, 0.3) is 0 Å². The van der Waals surface area contributed by atoms with E-state index in [4.69, 9.17) is 0 Å². The van der Waals surface area contributed by atoms with E-state index in [0.717, 1.165) is 0 Å². The zero-order valence-corrected chi connectivity index (χ0v) is 28.6. The van der Waals surface area contributed by atoms with Crippen molar-refractivity contribution >= 4 is 95.3 Å². The highest BCUT2D eigenvalue weighted by Crippen LogP contribution is 2.49. The first-order chi connectivity index (χ1) is 24.8. The third-order valence-electron chi connectivity index (χ3n) is 10.5. The summed E-state index contributed by atoms with van der Waals surface area (Å²) in [7, 11) is 0. The summed E-state index contributed by atoms with van der Waals surface area (Å²) >= 11 is 3.85. The van der Waals surface area contributed by atoms with E-state index in [1.807, 2.05) is 22.7 Å². The summed E-state index contributed by atoms with van der Waals surface area (Å²) in [5.74, 6) is 0.